The molecule has 196 valence electrons. The van der Waals surface area contributed by atoms with E-state index >= 15 is 8.78 Å². The van der Waals surface area contributed by atoms with Gasteiger partial charge in [-0.3, -0.25) is 0 Å². The minimum absolute atomic E-state index is 0.00682. The molecule has 2 heterocycles. The first-order valence-electron chi connectivity index (χ1n) is 11.9. The van der Waals surface area contributed by atoms with Crippen molar-refractivity contribution in [3.05, 3.63) is 112 Å². The molecule has 0 saturated heterocycles. The van der Waals surface area contributed by atoms with Crippen molar-refractivity contribution < 1.29 is 27.5 Å². The van der Waals surface area contributed by atoms with Gasteiger partial charge in [-0.15, -0.1) is 0 Å². The Balaban J connectivity index is 1.70. The molecule has 0 aliphatic rings. The Morgan fingerprint density at radius 1 is 1.13 bits per heavy atom. The summed E-state index contributed by atoms with van der Waals surface area (Å²) in [5.41, 5.74) is 1.35. The molecule has 2 atom stereocenters. The number of rotatable bonds is 8. The predicted molar refractivity (Wildman–Crippen MR) is 137 cm³/mol. The molecule has 0 fully saturated rings. The summed E-state index contributed by atoms with van der Waals surface area (Å²) >= 11 is 0. The van der Waals surface area contributed by atoms with Gasteiger partial charge in [-0.2, -0.15) is 0 Å². The first kappa shape index (κ1) is 26.7. The number of nitrogens with one attached hydrogen (secondary N) is 2. The summed E-state index contributed by atoms with van der Waals surface area (Å²) in [4.78, 5) is 20.9. The van der Waals surface area contributed by atoms with Gasteiger partial charge in [0.2, 0.25) is 0 Å². The van der Waals surface area contributed by atoms with Gasteiger partial charge in [-0.1, -0.05) is 32.0 Å². The molecule has 38 heavy (non-hydrogen) atoms. The highest BCUT2D eigenvalue weighted by Crippen LogP contribution is 2.30. The molecule has 2 aromatic heterocycles. The van der Waals surface area contributed by atoms with Crippen LogP contribution in [-0.4, -0.2) is 26.3 Å². The summed E-state index contributed by atoms with van der Waals surface area (Å²) in [6, 6.07) is 10.00. The fourth-order valence-corrected chi connectivity index (χ4v) is 4.21. The lowest BCUT2D eigenvalue weighted by atomic mass is 9.93. The number of nitrogens with zero attached hydrogens (tertiary/aromatic N) is 1. The molecule has 0 bridgehead atoms. The molecule has 2 aromatic carbocycles. The first-order valence-corrected chi connectivity index (χ1v) is 11.9. The molecule has 4 rings (SSSR count). The number of carbonyl (C=O) groups excluding carboxylic acids is 1. The van der Waals surface area contributed by atoms with E-state index in [9.17, 15) is 13.6 Å². The van der Waals surface area contributed by atoms with Crippen molar-refractivity contribution in [2.45, 2.75) is 26.2 Å². The number of aliphatic hydroxyl groups is 1. The third-order valence-corrected chi connectivity index (χ3v) is 6.31. The number of hydrogen-bond donors (Lipinski definition) is 3. The van der Waals surface area contributed by atoms with E-state index in [0.717, 1.165) is 18.4 Å². The SMILES string of the molecule is CC(C=O)Cc1cccc(C(C)c2cnc(-c3cc(/C(F)=c4/cc[nH]/c4=C/C(F)=C/O)ccc3F)[nH]2)c1F. The molecule has 0 spiro atoms. The lowest BCUT2D eigenvalue weighted by Crippen LogP contribution is -2.24. The van der Waals surface area contributed by atoms with Crippen LogP contribution < -0.4 is 10.6 Å². The maximum atomic E-state index is 15.4. The van der Waals surface area contributed by atoms with Gasteiger partial charge in [-0.05, 0) is 41.8 Å². The van der Waals surface area contributed by atoms with Gasteiger partial charge in [-0.25, -0.2) is 22.5 Å². The van der Waals surface area contributed by atoms with Crippen LogP contribution in [0.2, 0.25) is 0 Å². The van der Waals surface area contributed by atoms with Crippen molar-refractivity contribution in [1.29, 1.82) is 0 Å². The number of imidazole rings is 1. The van der Waals surface area contributed by atoms with Crippen LogP contribution in [0.4, 0.5) is 17.6 Å². The fraction of sp³-hybridized carbons (Fsp3) is 0.172. The number of halogens is 4. The van der Waals surface area contributed by atoms with Crippen molar-refractivity contribution in [3.63, 3.8) is 0 Å². The van der Waals surface area contributed by atoms with Crippen molar-refractivity contribution >= 4 is 18.2 Å². The number of aldehydes is 1. The highest BCUT2D eigenvalue weighted by molar-refractivity contribution is 5.67. The van der Waals surface area contributed by atoms with Crippen LogP contribution in [0, 0.1) is 17.6 Å². The summed E-state index contributed by atoms with van der Waals surface area (Å²) < 4.78 is 58.8. The van der Waals surface area contributed by atoms with E-state index in [1.54, 1.807) is 32.0 Å². The topological polar surface area (TPSA) is 81.8 Å². The van der Waals surface area contributed by atoms with E-state index in [0.29, 0.717) is 16.8 Å². The third kappa shape index (κ3) is 5.46. The Kier molecular flexibility index (Phi) is 7.95. The average Bonchev–Trinajstić information content (AvgIpc) is 3.59. The van der Waals surface area contributed by atoms with E-state index in [-0.39, 0.29) is 46.1 Å². The van der Waals surface area contributed by atoms with Crippen LogP contribution in [0.3, 0.4) is 0 Å². The van der Waals surface area contributed by atoms with Gasteiger partial charge in [0.25, 0.3) is 0 Å². The summed E-state index contributed by atoms with van der Waals surface area (Å²) in [6.45, 7) is 3.49. The van der Waals surface area contributed by atoms with Crippen molar-refractivity contribution in [2.75, 3.05) is 0 Å². The van der Waals surface area contributed by atoms with Gasteiger partial charge in [0, 0.05) is 46.8 Å². The molecule has 9 heteroatoms. The van der Waals surface area contributed by atoms with E-state index in [1.165, 1.54) is 30.6 Å². The lowest BCUT2D eigenvalue weighted by Gasteiger charge is -2.14. The zero-order valence-corrected chi connectivity index (χ0v) is 20.6. The molecule has 0 amide bonds. The van der Waals surface area contributed by atoms with E-state index < -0.39 is 29.2 Å². The zero-order chi connectivity index (χ0) is 27.4. The normalized spacial score (nSPS) is 14.9. The fourth-order valence-electron chi connectivity index (χ4n) is 4.21. The van der Waals surface area contributed by atoms with Gasteiger partial charge in [0.05, 0.1) is 10.9 Å². The highest BCUT2D eigenvalue weighted by Gasteiger charge is 2.20. The monoisotopic (exact) mass is 523 g/mol. The standard InChI is InChI=1S/C29H25F4N3O2/c1-16(14-37)10-18-4-3-5-21(27(18)32)17(2)26-13-35-29(36-26)23-11-19(6-7-24(23)31)28(33)22-8-9-34-25(22)12-20(30)15-38/h3-9,11-17,34,38H,10H2,1-2H3,(H,35,36)/b20-15-,25-12+,28-22+. The number of aromatic amines is 2. The van der Waals surface area contributed by atoms with Gasteiger partial charge in [0.15, 0.2) is 5.83 Å². The molecule has 2 unspecified atom stereocenters. The Bertz CT molecular complexity index is 1620. The van der Waals surface area contributed by atoms with Gasteiger partial charge >= 0.3 is 0 Å². The van der Waals surface area contributed by atoms with Crippen LogP contribution in [0.5, 0.6) is 0 Å². The number of hydrogen-bond acceptors (Lipinski definition) is 3. The highest BCUT2D eigenvalue weighted by atomic mass is 19.1. The second-order valence-corrected chi connectivity index (χ2v) is 9.02. The average molecular weight is 524 g/mol. The number of aromatic nitrogens is 3. The smallest absolute Gasteiger partial charge is 0.159 e. The maximum Gasteiger partial charge on any atom is 0.159 e. The number of carbonyl (C=O) groups is 1. The van der Waals surface area contributed by atoms with Crippen LogP contribution in [-0.2, 0) is 11.2 Å². The second kappa shape index (κ2) is 11.3. The summed E-state index contributed by atoms with van der Waals surface area (Å²) in [5.74, 6) is -3.45. The molecule has 0 aliphatic heterocycles. The van der Waals surface area contributed by atoms with Crippen molar-refractivity contribution in [3.8, 4) is 11.4 Å². The second-order valence-electron chi connectivity index (χ2n) is 9.02. The van der Waals surface area contributed by atoms with Crippen molar-refractivity contribution in [1.82, 2.24) is 15.0 Å². The molecule has 4 aromatic rings. The predicted octanol–water partition coefficient (Wildman–Crippen LogP) is 5.49. The van der Waals surface area contributed by atoms with Crippen LogP contribution in [0.15, 0.2) is 66.9 Å². The number of H-pyrrole nitrogens is 2. The van der Waals surface area contributed by atoms with E-state index in [4.69, 9.17) is 5.11 Å². The molecular weight excluding hydrogens is 498 g/mol. The van der Waals surface area contributed by atoms with Crippen LogP contribution in [0.1, 0.15) is 42.1 Å². The Morgan fingerprint density at radius 2 is 1.92 bits per heavy atom. The van der Waals surface area contributed by atoms with E-state index in [1.807, 2.05) is 0 Å². The number of aliphatic hydroxyl groups excluding tert-OH is 1. The Hall–Kier alpha value is -4.40. The molecule has 5 nitrogen and oxygen atoms in total. The third-order valence-electron chi connectivity index (χ3n) is 6.31. The largest absolute Gasteiger partial charge is 0.513 e. The summed E-state index contributed by atoms with van der Waals surface area (Å²) in [7, 11) is 0. The molecular formula is C29H25F4N3O2. The summed E-state index contributed by atoms with van der Waals surface area (Å²) in [5, 5.41) is 8.89. The van der Waals surface area contributed by atoms with Gasteiger partial charge in [0.1, 0.15) is 35.8 Å². The van der Waals surface area contributed by atoms with E-state index in [2.05, 4.69) is 15.0 Å². The van der Waals surface area contributed by atoms with Crippen LogP contribution >= 0.6 is 0 Å². The lowest BCUT2D eigenvalue weighted by molar-refractivity contribution is -0.110. The first-order chi connectivity index (χ1) is 18.2. The minimum Gasteiger partial charge on any atom is -0.513 e. The maximum absolute atomic E-state index is 15.4. The van der Waals surface area contributed by atoms with Crippen molar-refractivity contribution in [2.24, 2.45) is 5.92 Å². The number of allylic oxidation sites excluding steroid dienone is 1. The Labute approximate surface area is 215 Å². The molecule has 0 radical (unpaired) electrons. The number of benzene rings is 2. The Morgan fingerprint density at radius 3 is 2.66 bits per heavy atom. The minimum atomic E-state index is -0.973. The quantitative estimate of drug-likeness (QED) is 0.162. The summed E-state index contributed by atoms with van der Waals surface area (Å²) in [6.07, 6.45) is 5.10. The molecule has 3 N–H and O–H groups in total. The molecule has 0 aliphatic carbocycles. The zero-order valence-electron chi connectivity index (χ0n) is 20.6. The van der Waals surface area contributed by atoms with Crippen LogP contribution in [0.25, 0.3) is 23.3 Å². The van der Waals surface area contributed by atoms with Gasteiger partial charge < -0.3 is 19.9 Å². The molecule has 0 saturated carbocycles.